The van der Waals surface area contributed by atoms with Crippen LogP contribution < -0.4 is 0 Å². The van der Waals surface area contributed by atoms with E-state index in [1.165, 1.54) is 0 Å². The maximum absolute atomic E-state index is 6.19. The maximum atomic E-state index is 6.19. The summed E-state index contributed by atoms with van der Waals surface area (Å²) >= 11 is 8.81. The Kier molecular flexibility index (Phi) is 3.58. The van der Waals surface area contributed by atoms with Gasteiger partial charge in [0, 0.05) is 0 Å². The van der Waals surface area contributed by atoms with Gasteiger partial charge in [-0.15, -0.1) is 0 Å². The molecule has 0 aliphatic carbocycles. The van der Waals surface area contributed by atoms with Crippen LogP contribution in [0.2, 0.25) is 13.1 Å². The first kappa shape index (κ1) is 11.7. The van der Waals surface area contributed by atoms with Crippen molar-refractivity contribution in [3.05, 3.63) is 17.6 Å². The summed E-state index contributed by atoms with van der Waals surface area (Å²) in [6, 6.07) is 0. The van der Waals surface area contributed by atoms with Crippen LogP contribution in [0.4, 0.5) is 0 Å². The van der Waals surface area contributed by atoms with Crippen LogP contribution in [0.15, 0.2) is 17.6 Å². The molecule has 0 spiro atoms. The second-order valence-electron chi connectivity index (χ2n) is 3.07. The Labute approximate surface area is 94.8 Å². The SMILES string of the molecule is C[Si]1(C)C(Cl)=C[Te](Cl)(Cl)/C1=C/Cl. The van der Waals surface area contributed by atoms with Crippen LogP contribution in [0.5, 0.6) is 0 Å². The van der Waals surface area contributed by atoms with Gasteiger partial charge in [-0.25, -0.2) is 0 Å². The number of hydrogen-bond acceptors (Lipinski definition) is 0. The molecule has 0 saturated carbocycles. The first-order valence-corrected chi connectivity index (χ1v) is 15.5. The summed E-state index contributed by atoms with van der Waals surface area (Å²) in [4.78, 5) is 0. The van der Waals surface area contributed by atoms with Crippen LogP contribution in [0, 0.1) is 0 Å². The molecule has 0 aromatic carbocycles. The van der Waals surface area contributed by atoms with Gasteiger partial charge in [-0.05, 0) is 0 Å². The van der Waals surface area contributed by atoms with Gasteiger partial charge in [-0.1, -0.05) is 0 Å². The Morgan fingerprint density at radius 3 is 2.08 bits per heavy atom. The molecule has 1 aliphatic heterocycles. The average molecular weight is 378 g/mol. The van der Waals surface area contributed by atoms with E-state index in [0.29, 0.717) is 0 Å². The Morgan fingerprint density at radius 2 is 1.92 bits per heavy atom. The molecule has 0 atom stereocenters. The Hall–Kier alpha value is 1.65. The van der Waals surface area contributed by atoms with Crippen molar-refractivity contribution in [2.24, 2.45) is 0 Å². The predicted molar refractivity (Wildman–Crippen MR) is 62.8 cm³/mol. The van der Waals surface area contributed by atoms with E-state index in [0.717, 1.165) is 7.90 Å². The third kappa shape index (κ3) is 1.86. The van der Waals surface area contributed by atoms with Crippen molar-refractivity contribution in [2.45, 2.75) is 13.1 Å². The third-order valence-corrected chi connectivity index (χ3v) is 23.2. The second kappa shape index (κ2) is 3.66. The molecule has 0 radical (unpaired) electrons. The van der Waals surface area contributed by atoms with Gasteiger partial charge in [-0.3, -0.25) is 0 Å². The van der Waals surface area contributed by atoms with Crippen molar-refractivity contribution in [2.75, 3.05) is 0 Å². The summed E-state index contributed by atoms with van der Waals surface area (Å²) in [6.45, 7) is 4.22. The molecule has 0 saturated heterocycles. The van der Waals surface area contributed by atoms with Gasteiger partial charge in [0.25, 0.3) is 0 Å². The molecule has 0 fully saturated rings. The minimum atomic E-state index is -2.95. The second-order valence-corrected chi connectivity index (χ2v) is 21.9. The van der Waals surface area contributed by atoms with Gasteiger partial charge in [0.2, 0.25) is 0 Å². The monoisotopic (exact) mass is 378 g/mol. The van der Waals surface area contributed by atoms with Crippen LogP contribution in [-0.4, -0.2) is 24.0 Å². The number of rotatable bonds is 0. The molecule has 1 heterocycles. The first-order chi connectivity index (χ1) is 5.32. The van der Waals surface area contributed by atoms with E-state index in [1.807, 2.05) is 4.12 Å². The molecular formula is C6H8Cl4SiTe. The first-order valence-electron chi connectivity index (χ1n) is 3.23. The molecule has 0 amide bonds. The standard InChI is InChI=1S/C6H8Cl4SiTe/c1-11(2)5(8)4-12(9,10)6(11)3-7/h3-4H,1-2H3/b6-3+. The molecule has 1 aliphatic rings. The summed E-state index contributed by atoms with van der Waals surface area (Å²) < 4.78 is 3.74. The van der Waals surface area contributed by atoms with Crippen molar-refractivity contribution in [1.82, 2.24) is 0 Å². The molecular weight excluding hydrogens is 370 g/mol. The van der Waals surface area contributed by atoms with Gasteiger partial charge in [0.05, 0.1) is 0 Å². The molecule has 6 heteroatoms. The van der Waals surface area contributed by atoms with Crippen molar-refractivity contribution >= 4 is 65.1 Å². The number of hydrogen-bond donors (Lipinski definition) is 0. The molecule has 0 aromatic rings. The van der Waals surface area contributed by atoms with Crippen LogP contribution in [0.3, 0.4) is 0 Å². The summed E-state index contributed by atoms with van der Waals surface area (Å²) in [7, 11) is 10.6. The summed E-state index contributed by atoms with van der Waals surface area (Å²) in [5, 5.41) is 0. The van der Waals surface area contributed by atoms with Crippen molar-refractivity contribution in [3.63, 3.8) is 0 Å². The topological polar surface area (TPSA) is 0 Å². The van der Waals surface area contributed by atoms with Gasteiger partial charge in [0.15, 0.2) is 0 Å². The van der Waals surface area contributed by atoms with E-state index in [-0.39, 0.29) is 0 Å². The van der Waals surface area contributed by atoms with Crippen molar-refractivity contribution < 1.29 is 0 Å². The van der Waals surface area contributed by atoms with Crippen LogP contribution >= 0.6 is 41.1 Å². The molecule has 1 rings (SSSR count). The summed E-state index contributed by atoms with van der Waals surface area (Å²) in [5.74, 6) is 0. The van der Waals surface area contributed by atoms with E-state index >= 15 is 0 Å². The Bertz CT molecular complexity index is 269. The molecule has 0 aromatic heterocycles. The zero-order chi connectivity index (χ0) is 9.57. The van der Waals surface area contributed by atoms with Gasteiger partial charge in [0.1, 0.15) is 0 Å². The summed E-state index contributed by atoms with van der Waals surface area (Å²) in [5.41, 5.74) is 1.54. The van der Waals surface area contributed by atoms with Gasteiger partial charge >= 0.3 is 95.8 Å². The van der Waals surface area contributed by atoms with Crippen molar-refractivity contribution in [3.8, 4) is 0 Å². The zero-order valence-electron chi connectivity index (χ0n) is 6.57. The average Bonchev–Trinajstić information content (AvgIpc) is 1.99. The normalized spacial score (nSPS) is 31.8. The Balaban J connectivity index is 3.22. The molecule has 12 heavy (non-hydrogen) atoms. The van der Waals surface area contributed by atoms with Gasteiger partial charge in [-0.2, -0.15) is 0 Å². The molecule has 0 N–H and O–H groups in total. The van der Waals surface area contributed by atoms with E-state index in [4.69, 9.17) is 41.1 Å². The van der Waals surface area contributed by atoms with Crippen LogP contribution in [-0.2, 0) is 0 Å². The van der Waals surface area contributed by atoms with E-state index in [2.05, 4.69) is 13.1 Å². The van der Waals surface area contributed by atoms with Crippen molar-refractivity contribution in [1.29, 1.82) is 0 Å². The third-order valence-electron chi connectivity index (χ3n) is 1.86. The van der Waals surface area contributed by atoms with E-state index in [9.17, 15) is 0 Å². The summed E-state index contributed by atoms with van der Waals surface area (Å²) in [6.07, 6.45) is 0. The molecule has 0 unspecified atom stereocenters. The molecule has 70 valence electrons. The fraction of sp³-hybridized carbons (Fsp3) is 0.333. The van der Waals surface area contributed by atoms with Gasteiger partial charge < -0.3 is 0 Å². The fourth-order valence-electron chi connectivity index (χ4n) is 0.994. The quantitative estimate of drug-likeness (QED) is 0.559. The van der Waals surface area contributed by atoms with Crippen LogP contribution in [0.25, 0.3) is 0 Å². The van der Waals surface area contributed by atoms with E-state index in [1.54, 1.807) is 5.54 Å². The zero-order valence-corrected chi connectivity index (χ0v) is 12.9. The molecule has 0 bridgehead atoms. The van der Waals surface area contributed by atoms with E-state index < -0.39 is 24.0 Å². The molecule has 0 nitrogen and oxygen atoms in total. The minimum absolute atomic E-state index is 0.848. The predicted octanol–water partition coefficient (Wildman–Crippen LogP) is 4.03. The fourth-order valence-corrected chi connectivity index (χ4v) is 30.1. The Morgan fingerprint density at radius 1 is 1.42 bits per heavy atom. The number of halogens is 4. The van der Waals surface area contributed by atoms with Crippen LogP contribution in [0.1, 0.15) is 0 Å².